The molecule has 7 nitrogen and oxygen atoms in total. The van der Waals surface area contributed by atoms with Crippen LogP contribution < -0.4 is 5.32 Å². The fourth-order valence-corrected chi connectivity index (χ4v) is 2.50. The molecule has 0 radical (unpaired) electrons. The molecule has 0 bridgehead atoms. The van der Waals surface area contributed by atoms with E-state index in [1.54, 1.807) is 0 Å². The molecule has 0 aliphatic carbocycles. The van der Waals surface area contributed by atoms with Crippen molar-refractivity contribution in [2.45, 2.75) is 12.5 Å². The average Bonchev–Trinajstić information content (AvgIpc) is 2.93. The lowest BCUT2D eigenvalue weighted by Gasteiger charge is -2.19. The maximum Gasteiger partial charge on any atom is 0.335 e. The van der Waals surface area contributed by atoms with Gasteiger partial charge in [0, 0.05) is 13.0 Å². The molecule has 2 heterocycles. The number of hydrogen-bond acceptors (Lipinski definition) is 4. The lowest BCUT2D eigenvalue weighted by molar-refractivity contribution is -0.119. The number of carboxylic acids is 1. The molecule has 0 spiro atoms. The topological polar surface area (TPSA) is 104 Å². The molecule has 0 aromatic heterocycles. The molecule has 102 valence electrons. The van der Waals surface area contributed by atoms with Crippen LogP contribution in [0, 0.1) is 0 Å². The molecule has 1 saturated heterocycles. The Morgan fingerprint density at radius 1 is 1.20 bits per heavy atom. The minimum Gasteiger partial charge on any atom is -0.478 e. The smallest absolute Gasteiger partial charge is 0.335 e. The van der Waals surface area contributed by atoms with Crippen LogP contribution in [0.2, 0.25) is 0 Å². The third-order valence-electron chi connectivity index (χ3n) is 3.49. The molecule has 3 rings (SSSR count). The maximum atomic E-state index is 12.2. The SMILES string of the molecule is O=C1CC(N2C(=O)c3ccc(C(=O)O)cc3C2=O)CN1. The molecule has 20 heavy (non-hydrogen) atoms. The molecular weight excluding hydrogens is 264 g/mol. The molecule has 1 aromatic rings. The lowest BCUT2D eigenvalue weighted by Crippen LogP contribution is -2.41. The molecule has 2 aliphatic rings. The Morgan fingerprint density at radius 2 is 1.90 bits per heavy atom. The van der Waals surface area contributed by atoms with Crippen molar-refractivity contribution < 1.29 is 24.3 Å². The highest BCUT2D eigenvalue weighted by Crippen LogP contribution is 2.27. The number of amides is 3. The Kier molecular flexibility index (Phi) is 2.56. The number of imide groups is 1. The van der Waals surface area contributed by atoms with E-state index in [2.05, 4.69) is 5.32 Å². The van der Waals surface area contributed by atoms with Gasteiger partial charge in [-0.3, -0.25) is 19.3 Å². The number of carbonyl (C=O) groups excluding carboxylic acids is 3. The maximum absolute atomic E-state index is 12.2. The fraction of sp³-hybridized carbons (Fsp3) is 0.231. The second-order valence-corrected chi connectivity index (χ2v) is 4.71. The number of rotatable bonds is 2. The Labute approximate surface area is 113 Å². The van der Waals surface area contributed by atoms with Gasteiger partial charge in [0.1, 0.15) is 0 Å². The highest BCUT2D eigenvalue weighted by molar-refractivity contribution is 6.22. The summed E-state index contributed by atoms with van der Waals surface area (Å²) in [6.07, 6.45) is 0.0806. The number of nitrogens with one attached hydrogen (secondary N) is 1. The molecule has 1 unspecified atom stereocenters. The van der Waals surface area contributed by atoms with Crippen LogP contribution in [-0.2, 0) is 4.79 Å². The molecule has 0 saturated carbocycles. The van der Waals surface area contributed by atoms with E-state index in [-0.39, 0.29) is 35.6 Å². The van der Waals surface area contributed by atoms with Crippen LogP contribution in [-0.4, -0.2) is 46.3 Å². The summed E-state index contributed by atoms with van der Waals surface area (Å²) in [7, 11) is 0. The normalized spacial score (nSPS) is 21.1. The van der Waals surface area contributed by atoms with Crippen molar-refractivity contribution in [3.05, 3.63) is 34.9 Å². The van der Waals surface area contributed by atoms with Crippen molar-refractivity contribution in [1.29, 1.82) is 0 Å². The first-order valence-electron chi connectivity index (χ1n) is 6.01. The predicted octanol–water partition coefficient (Wildman–Crippen LogP) is -0.131. The number of carbonyl (C=O) groups is 4. The summed E-state index contributed by atoms with van der Waals surface area (Å²) >= 11 is 0. The van der Waals surface area contributed by atoms with Gasteiger partial charge in [-0.2, -0.15) is 0 Å². The molecule has 7 heteroatoms. The highest BCUT2D eigenvalue weighted by Gasteiger charge is 2.42. The van der Waals surface area contributed by atoms with Gasteiger partial charge < -0.3 is 10.4 Å². The van der Waals surface area contributed by atoms with Crippen molar-refractivity contribution >= 4 is 23.7 Å². The van der Waals surface area contributed by atoms with Crippen LogP contribution >= 0.6 is 0 Å². The number of fused-ring (bicyclic) bond motifs is 1. The first-order chi connectivity index (χ1) is 9.49. The minimum absolute atomic E-state index is 0.0487. The number of hydrogen-bond donors (Lipinski definition) is 2. The van der Waals surface area contributed by atoms with Gasteiger partial charge in [-0.25, -0.2) is 4.79 Å². The summed E-state index contributed by atoms with van der Waals surface area (Å²) in [5.41, 5.74) is 0.209. The third kappa shape index (κ3) is 1.67. The van der Waals surface area contributed by atoms with Crippen LogP contribution in [0.5, 0.6) is 0 Å². The van der Waals surface area contributed by atoms with Gasteiger partial charge in [-0.15, -0.1) is 0 Å². The van der Waals surface area contributed by atoms with Gasteiger partial charge in [0.2, 0.25) is 5.91 Å². The van der Waals surface area contributed by atoms with Gasteiger partial charge >= 0.3 is 5.97 Å². The largest absolute Gasteiger partial charge is 0.478 e. The fourth-order valence-electron chi connectivity index (χ4n) is 2.50. The first-order valence-corrected chi connectivity index (χ1v) is 6.01. The lowest BCUT2D eigenvalue weighted by atomic mass is 10.1. The predicted molar refractivity (Wildman–Crippen MR) is 65.3 cm³/mol. The van der Waals surface area contributed by atoms with Gasteiger partial charge in [-0.05, 0) is 18.2 Å². The Balaban J connectivity index is 1.99. The quantitative estimate of drug-likeness (QED) is 0.731. The zero-order chi connectivity index (χ0) is 14.4. The molecule has 2 aliphatic heterocycles. The monoisotopic (exact) mass is 274 g/mol. The summed E-state index contributed by atoms with van der Waals surface area (Å²) in [5.74, 6) is -2.40. The zero-order valence-electron chi connectivity index (χ0n) is 10.3. The number of aromatic carboxylic acids is 1. The Bertz CT molecular complexity index is 667. The minimum atomic E-state index is -1.16. The second kappa shape index (κ2) is 4.16. The van der Waals surface area contributed by atoms with Gasteiger partial charge in [-0.1, -0.05) is 0 Å². The zero-order valence-corrected chi connectivity index (χ0v) is 10.3. The molecular formula is C13H10N2O5. The van der Waals surface area contributed by atoms with Crippen molar-refractivity contribution in [2.24, 2.45) is 0 Å². The van der Waals surface area contributed by atoms with Crippen LogP contribution in [0.3, 0.4) is 0 Å². The van der Waals surface area contributed by atoms with Crippen LogP contribution in [0.4, 0.5) is 0 Å². The van der Waals surface area contributed by atoms with Crippen molar-refractivity contribution in [3.63, 3.8) is 0 Å². The third-order valence-corrected chi connectivity index (χ3v) is 3.49. The van der Waals surface area contributed by atoms with Crippen molar-refractivity contribution in [3.8, 4) is 0 Å². The molecule has 2 N–H and O–H groups in total. The van der Waals surface area contributed by atoms with E-state index in [1.165, 1.54) is 18.2 Å². The summed E-state index contributed by atoms with van der Waals surface area (Å²) < 4.78 is 0. The highest BCUT2D eigenvalue weighted by atomic mass is 16.4. The molecule has 3 amide bonds. The second-order valence-electron chi connectivity index (χ2n) is 4.71. The molecule has 1 aromatic carbocycles. The molecule has 1 atom stereocenters. The number of benzene rings is 1. The Morgan fingerprint density at radius 3 is 2.50 bits per heavy atom. The van der Waals surface area contributed by atoms with Gasteiger partial charge in [0.05, 0.1) is 22.7 Å². The van der Waals surface area contributed by atoms with E-state index < -0.39 is 23.8 Å². The van der Waals surface area contributed by atoms with E-state index in [4.69, 9.17) is 5.11 Å². The van der Waals surface area contributed by atoms with Crippen molar-refractivity contribution in [2.75, 3.05) is 6.54 Å². The summed E-state index contributed by atoms with van der Waals surface area (Å²) in [6.45, 7) is 0.232. The summed E-state index contributed by atoms with van der Waals surface area (Å²) in [4.78, 5) is 47.6. The number of nitrogens with zero attached hydrogens (tertiary/aromatic N) is 1. The van der Waals surface area contributed by atoms with Crippen LogP contribution in [0.25, 0.3) is 0 Å². The standard InChI is InChI=1S/C13H10N2O5/c16-10-4-7(5-14-10)15-11(17)8-2-1-6(13(19)20)3-9(8)12(15)18/h1-3,7H,4-5H2,(H,14,16)(H,19,20). The van der Waals surface area contributed by atoms with E-state index >= 15 is 0 Å². The van der Waals surface area contributed by atoms with E-state index in [0.29, 0.717) is 0 Å². The molecule has 1 fully saturated rings. The van der Waals surface area contributed by atoms with Gasteiger partial charge in [0.15, 0.2) is 0 Å². The van der Waals surface area contributed by atoms with E-state index in [0.717, 1.165) is 4.90 Å². The average molecular weight is 274 g/mol. The van der Waals surface area contributed by atoms with E-state index in [1.807, 2.05) is 0 Å². The van der Waals surface area contributed by atoms with Crippen LogP contribution in [0.15, 0.2) is 18.2 Å². The van der Waals surface area contributed by atoms with Gasteiger partial charge in [0.25, 0.3) is 11.8 Å². The summed E-state index contributed by atoms with van der Waals surface area (Å²) in [6, 6.07) is 3.31. The van der Waals surface area contributed by atoms with Crippen LogP contribution in [0.1, 0.15) is 37.5 Å². The number of carboxylic acid groups (broad SMARTS) is 1. The summed E-state index contributed by atoms with van der Waals surface area (Å²) in [5, 5.41) is 11.5. The van der Waals surface area contributed by atoms with Crippen molar-refractivity contribution in [1.82, 2.24) is 10.2 Å². The first kappa shape index (κ1) is 12.3. The van der Waals surface area contributed by atoms with E-state index in [9.17, 15) is 19.2 Å². The Hall–Kier alpha value is -2.70.